The highest BCUT2D eigenvalue weighted by Gasteiger charge is 2.32. The summed E-state index contributed by atoms with van der Waals surface area (Å²) in [5, 5.41) is 5.13. The van der Waals surface area contributed by atoms with Crippen LogP contribution in [0.25, 0.3) is 0 Å². The Balaban J connectivity index is 4.39. The van der Waals surface area contributed by atoms with Crippen LogP contribution in [0.4, 0.5) is 0 Å². The van der Waals surface area contributed by atoms with Crippen molar-refractivity contribution in [1.82, 2.24) is 10.2 Å². The number of esters is 2. The summed E-state index contributed by atoms with van der Waals surface area (Å²) in [7, 11) is -2.16. The molecule has 0 amide bonds. The van der Waals surface area contributed by atoms with Gasteiger partial charge in [0.05, 0.1) is 0 Å². The summed E-state index contributed by atoms with van der Waals surface area (Å²) in [6, 6.07) is -1.53. The number of hydrogen-bond acceptors (Lipinski definition) is 5. The van der Waals surface area contributed by atoms with Gasteiger partial charge in [-0.2, -0.15) is 0 Å². The Labute approximate surface area is 133 Å². The molecule has 22 heavy (non-hydrogen) atoms. The molecule has 0 aliphatic heterocycles. The molecule has 0 spiro atoms. The third-order valence-corrected chi connectivity index (χ3v) is 3.39. The summed E-state index contributed by atoms with van der Waals surface area (Å²) in [5.74, 6) is -1.02. The Morgan fingerprint density at radius 1 is 0.818 bits per heavy atom. The highest BCUT2D eigenvalue weighted by Crippen LogP contribution is 2.16. The van der Waals surface area contributed by atoms with Crippen LogP contribution in [-0.4, -0.2) is 35.2 Å². The van der Waals surface area contributed by atoms with Gasteiger partial charge in [-0.05, 0) is 60.0 Å². The monoisotopic (exact) mass is 335 g/mol. The Morgan fingerprint density at radius 2 is 1.09 bits per heavy atom. The topological polar surface area (TPSA) is 93.7 Å². The van der Waals surface area contributed by atoms with E-state index in [1.54, 1.807) is 55.4 Å². The molecule has 128 valence electrons. The van der Waals surface area contributed by atoms with E-state index in [1.807, 2.05) is 0 Å². The van der Waals surface area contributed by atoms with Gasteiger partial charge in [-0.25, -0.2) is 0 Å². The predicted octanol–water partition coefficient (Wildman–Crippen LogP) is 2.28. The third kappa shape index (κ3) is 9.82. The van der Waals surface area contributed by atoms with Gasteiger partial charge in [0.2, 0.25) is 0 Å². The van der Waals surface area contributed by atoms with Crippen molar-refractivity contribution in [3.05, 3.63) is 0 Å². The fourth-order valence-corrected chi connectivity index (χ4v) is 2.26. The molecule has 0 radical (unpaired) electrons. The maximum absolute atomic E-state index is 11.9. The maximum atomic E-state index is 11.9. The summed E-state index contributed by atoms with van der Waals surface area (Å²) in [6.45, 7) is 13.6. The van der Waals surface area contributed by atoms with Gasteiger partial charge in [0.1, 0.15) is 23.3 Å². The second-order valence-electron chi connectivity index (χ2n) is 7.06. The van der Waals surface area contributed by atoms with Crippen LogP contribution in [0.3, 0.4) is 0 Å². The van der Waals surface area contributed by atoms with E-state index in [9.17, 15) is 14.2 Å². The van der Waals surface area contributed by atoms with Gasteiger partial charge in [-0.3, -0.25) is 9.59 Å². The number of carbonyl (C=O) groups is 2. The Morgan fingerprint density at radius 3 is 1.32 bits per heavy atom. The number of carbonyl (C=O) groups excluding carboxylic acids is 2. The predicted molar refractivity (Wildman–Crippen MR) is 84.5 cm³/mol. The molecule has 2 N–H and O–H groups in total. The number of nitrogens with one attached hydrogen (secondary N) is 2. The molecule has 0 aliphatic rings. The van der Waals surface area contributed by atoms with Crippen molar-refractivity contribution >= 4 is 20.0 Å². The van der Waals surface area contributed by atoms with E-state index in [0.717, 1.165) is 0 Å². The standard InChI is InChI=1S/C14H28N2O5P/c1-9(11(17)20-13(3,4)5)15-22(19)16-10(2)12(18)21-14(6,7)8/h9-10H,1-8H3,(H2,15,16,19)/q+1. The minimum Gasteiger partial charge on any atom is -0.459 e. The first-order valence-corrected chi connectivity index (χ1v) is 8.42. The van der Waals surface area contributed by atoms with Gasteiger partial charge in [0, 0.05) is 0 Å². The van der Waals surface area contributed by atoms with Crippen molar-refractivity contribution in [2.75, 3.05) is 0 Å². The third-order valence-electron chi connectivity index (χ3n) is 2.14. The zero-order chi connectivity index (χ0) is 17.7. The molecule has 0 bridgehead atoms. The van der Waals surface area contributed by atoms with E-state index >= 15 is 0 Å². The second-order valence-corrected chi connectivity index (χ2v) is 8.17. The molecule has 0 aliphatic carbocycles. The largest absolute Gasteiger partial charge is 0.533 e. The van der Waals surface area contributed by atoms with E-state index in [0.29, 0.717) is 0 Å². The second kappa shape index (κ2) is 7.99. The fourth-order valence-electron chi connectivity index (χ4n) is 1.27. The Bertz CT molecular complexity index is 388. The highest BCUT2D eigenvalue weighted by atomic mass is 31.1. The zero-order valence-corrected chi connectivity index (χ0v) is 15.5. The van der Waals surface area contributed by atoms with Crippen molar-refractivity contribution in [1.29, 1.82) is 0 Å². The van der Waals surface area contributed by atoms with Crippen molar-refractivity contribution in [3.8, 4) is 0 Å². The van der Waals surface area contributed by atoms with E-state index in [4.69, 9.17) is 9.47 Å². The van der Waals surface area contributed by atoms with Gasteiger partial charge in [0.25, 0.3) is 0 Å². The van der Waals surface area contributed by atoms with Crippen LogP contribution in [0.1, 0.15) is 55.4 Å². The van der Waals surface area contributed by atoms with Gasteiger partial charge in [-0.1, -0.05) is 10.2 Å². The van der Waals surface area contributed by atoms with Gasteiger partial charge < -0.3 is 9.47 Å². The molecule has 2 atom stereocenters. The summed E-state index contributed by atoms with van der Waals surface area (Å²) < 4.78 is 22.3. The molecular weight excluding hydrogens is 307 g/mol. The van der Waals surface area contributed by atoms with E-state index < -0.39 is 43.3 Å². The molecule has 0 saturated heterocycles. The summed E-state index contributed by atoms with van der Waals surface area (Å²) >= 11 is 0. The first-order valence-electron chi connectivity index (χ1n) is 7.16. The summed E-state index contributed by atoms with van der Waals surface area (Å²) in [6.07, 6.45) is 0. The molecule has 0 aromatic rings. The van der Waals surface area contributed by atoms with Crippen LogP contribution in [0.2, 0.25) is 0 Å². The van der Waals surface area contributed by atoms with Crippen LogP contribution >= 0.6 is 8.10 Å². The van der Waals surface area contributed by atoms with Crippen LogP contribution in [-0.2, 0) is 23.6 Å². The highest BCUT2D eigenvalue weighted by molar-refractivity contribution is 7.40. The molecule has 0 saturated carbocycles. The van der Waals surface area contributed by atoms with Crippen LogP contribution in [0.15, 0.2) is 0 Å². The molecular formula is C14H28N2O5P+. The Hall–Kier alpha value is -1.04. The lowest BCUT2D eigenvalue weighted by Gasteiger charge is -2.21. The normalized spacial score (nSPS) is 15.7. The SMILES string of the molecule is CC(N[P+](=O)NC(C)C(=O)OC(C)(C)C)C(=O)OC(C)(C)C. The van der Waals surface area contributed by atoms with Gasteiger partial charge in [0.15, 0.2) is 0 Å². The van der Waals surface area contributed by atoms with Crippen molar-refractivity contribution in [3.63, 3.8) is 0 Å². The number of rotatable bonds is 6. The van der Waals surface area contributed by atoms with Crippen LogP contribution < -0.4 is 10.2 Å². The average molecular weight is 335 g/mol. The molecule has 2 unspecified atom stereocenters. The molecule has 0 aromatic heterocycles. The quantitative estimate of drug-likeness (QED) is 0.568. The fraction of sp³-hybridized carbons (Fsp3) is 0.857. The summed E-state index contributed by atoms with van der Waals surface area (Å²) in [5.41, 5.74) is -1.23. The minimum absolute atomic E-state index is 0.512. The molecule has 0 rings (SSSR count). The Kier molecular flexibility index (Phi) is 7.62. The summed E-state index contributed by atoms with van der Waals surface area (Å²) in [4.78, 5) is 23.5. The average Bonchev–Trinajstić information content (AvgIpc) is 2.23. The zero-order valence-electron chi connectivity index (χ0n) is 14.6. The smallest absolute Gasteiger partial charge is 0.459 e. The van der Waals surface area contributed by atoms with Crippen LogP contribution in [0.5, 0.6) is 0 Å². The van der Waals surface area contributed by atoms with Crippen molar-refractivity contribution in [2.24, 2.45) is 0 Å². The number of hydrogen-bond donors (Lipinski definition) is 2. The molecule has 0 fully saturated rings. The van der Waals surface area contributed by atoms with Crippen molar-refractivity contribution < 1.29 is 23.6 Å². The first-order chi connectivity index (χ1) is 9.71. The lowest BCUT2D eigenvalue weighted by molar-refractivity contribution is -0.157. The molecule has 0 heterocycles. The number of ether oxygens (including phenoxy) is 2. The molecule has 0 aromatic carbocycles. The van der Waals surface area contributed by atoms with E-state index in [-0.39, 0.29) is 0 Å². The van der Waals surface area contributed by atoms with Crippen molar-refractivity contribution in [2.45, 2.75) is 78.7 Å². The van der Waals surface area contributed by atoms with Gasteiger partial charge >= 0.3 is 20.0 Å². The lowest BCUT2D eigenvalue weighted by atomic mass is 10.2. The molecule has 7 nitrogen and oxygen atoms in total. The van der Waals surface area contributed by atoms with E-state index in [1.165, 1.54) is 0 Å². The van der Waals surface area contributed by atoms with E-state index in [2.05, 4.69) is 10.2 Å². The van der Waals surface area contributed by atoms with Crippen LogP contribution in [0, 0.1) is 0 Å². The lowest BCUT2D eigenvalue weighted by Crippen LogP contribution is -2.41. The molecule has 8 heteroatoms. The minimum atomic E-state index is -2.16. The van der Waals surface area contributed by atoms with Gasteiger partial charge in [-0.15, -0.1) is 0 Å². The first kappa shape index (κ1) is 21.0. The maximum Gasteiger partial charge on any atom is 0.533 e.